The molecule has 1 saturated heterocycles. The Morgan fingerprint density at radius 2 is 2.29 bits per heavy atom. The molecule has 2 rings (SSSR count). The van der Waals surface area contributed by atoms with Crippen LogP contribution in [-0.4, -0.2) is 35.8 Å². The molecule has 1 aromatic rings. The summed E-state index contributed by atoms with van der Waals surface area (Å²) in [6.45, 7) is 7.12. The smallest absolute Gasteiger partial charge is 0.407 e. The normalized spacial score (nSPS) is 18.7. The molecule has 2 heterocycles. The molecule has 1 unspecified atom stereocenters. The lowest BCUT2D eigenvalue weighted by Crippen LogP contribution is -2.42. The van der Waals surface area contributed by atoms with Crippen LogP contribution in [0, 0.1) is 0 Å². The molecule has 1 amide bonds. The van der Waals surface area contributed by atoms with E-state index in [1.165, 1.54) is 0 Å². The van der Waals surface area contributed by atoms with Gasteiger partial charge in [0.05, 0.1) is 0 Å². The largest absolute Gasteiger partial charge is 0.444 e. The Morgan fingerprint density at radius 3 is 2.95 bits per heavy atom. The van der Waals surface area contributed by atoms with Crippen molar-refractivity contribution in [2.24, 2.45) is 0 Å². The average molecular weight is 356 g/mol. The van der Waals surface area contributed by atoms with Crippen LogP contribution in [0.15, 0.2) is 22.8 Å². The molecule has 6 heteroatoms. The van der Waals surface area contributed by atoms with Gasteiger partial charge in [0.15, 0.2) is 0 Å². The van der Waals surface area contributed by atoms with Crippen LogP contribution in [0.4, 0.5) is 10.6 Å². The third-order valence-corrected chi connectivity index (χ3v) is 3.69. The number of hydrogen-bond acceptors (Lipinski definition) is 4. The van der Waals surface area contributed by atoms with Gasteiger partial charge in [-0.25, -0.2) is 9.78 Å². The van der Waals surface area contributed by atoms with Gasteiger partial charge in [0.2, 0.25) is 0 Å². The Kier molecular flexibility index (Phi) is 5.08. The molecule has 0 spiro atoms. The highest BCUT2D eigenvalue weighted by atomic mass is 79.9. The molecule has 1 aromatic heterocycles. The summed E-state index contributed by atoms with van der Waals surface area (Å²) in [4.78, 5) is 18.5. The third-order valence-electron chi connectivity index (χ3n) is 3.25. The number of pyridine rings is 1. The molecule has 0 bridgehead atoms. The van der Waals surface area contributed by atoms with E-state index in [0.29, 0.717) is 6.54 Å². The van der Waals surface area contributed by atoms with E-state index in [2.05, 4.69) is 31.1 Å². The molecule has 1 atom stereocenters. The highest BCUT2D eigenvalue weighted by molar-refractivity contribution is 9.10. The SMILES string of the molecule is CC(C)(C)OC(=O)NCC1CCCN1c1cccc(Br)n1. The van der Waals surface area contributed by atoms with Crippen LogP contribution >= 0.6 is 15.9 Å². The molecule has 1 aliphatic heterocycles. The van der Waals surface area contributed by atoms with Gasteiger partial charge in [-0.1, -0.05) is 6.07 Å². The monoisotopic (exact) mass is 355 g/mol. The first-order chi connectivity index (χ1) is 9.85. The van der Waals surface area contributed by atoms with Crippen LogP contribution in [-0.2, 0) is 4.74 Å². The van der Waals surface area contributed by atoms with Gasteiger partial charge in [0.1, 0.15) is 16.0 Å². The van der Waals surface area contributed by atoms with Crippen molar-refractivity contribution in [1.82, 2.24) is 10.3 Å². The summed E-state index contributed by atoms with van der Waals surface area (Å²) >= 11 is 3.40. The Bertz CT molecular complexity index is 502. The van der Waals surface area contributed by atoms with Crippen molar-refractivity contribution >= 4 is 27.8 Å². The Morgan fingerprint density at radius 1 is 1.52 bits per heavy atom. The van der Waals surface area contributed by atoms with Gasteiger partial charge in [-0.05, 0) is 61.7 Å². The van der Waals surface area contributed by atoms with Crippen molar-refractivity contribution in [1.29, 1.82) is 0 Å². The van der Waals surface area contributed by atoms with E-state index in [1.807, 2.05) is 39.0 Å². The zero-order valence-corrected chi connectivity index (χ0v) is 14.3. The second-order valence-corrected chi connectivity index (χ2v) is 7.00. The van der Waals surface area contributed by atoms with E-state index in [9.17, 15) is 4.79 Å². The van der Waals surface area contributed by atoms with Gasteiger partial charge < -0.3 is 15.0 Å². The van der Waals surface area contributed by atoms with Crippen molar-refractivity contribution in [3.05, 3.63) is 22.8 Å². The molecule has 0 aliphatic carbocycles. The van der Waals surface area contributed by atoms with Gasteiger partial charge in [0.25, 0.3) is 0 Å². The lowest BCUT2D eigenvalue weighted by atomic mass is 10.2. The first kappa shape index (κ1) is 16.1. The number of rotatable bonds is 3. The van der Waals surface area contributed by atoms with Crippen LogP contribution in [0.5, 0.6) is 0 Å². The number of alkyl carbamates (subject to hydrolysis) is 1. The van der Waals surface area contributed by atoms with E-state index in [0.717, 1.165) is 29.8 Å². The maximum absolute atomic E-state index is 11.7. The first-order valence-electron chi connectivity index (χ1n) is 7.21. The molecule has 0 radical (unpaired) electrons. The fourth-order valence-electron chi connectivity index (χ4n) is 2.42. The highest BCUT2D eigenvalue weighted by Gasteiger charge is 2.26. The summed E-state index contributed by atoms with van der Waals surface area (Å²) < 4.78 is 6.09. The summed E-state index contributed by atoms with van der Waals surface area (Å²) in [7, 11) is 0. The van der Waals surface area contributed by atoms with Gasteiger partial charge in [-0.2, -0.15) is 0 Å². The number of aromatic nitrogens is 1. The fourth-order valence-corrected chi connectivity index (χ4v) is 2.76. The van der Waals surface area contributed by atoms with E-state index < -0.39 is 5.60 Å². The second-order valence-electron chi connectivity index (χ2n) is 6.19. The van der Waals surface area contributed by atoms with Gasteiger partial charge >= 0.3 is 6.09 Å². The summed E-state index contributed by atoms with van der Waals surface area (Å²) in [6.07, 6.45) is 1.79. The maximum atomic E-state index is 11.7. The molecular formula is C15H22BrN3O2. The van der Waals surface area contributed by atoms with Crippen LogP contribution in [0.2, 0.25) is 0 Å². The maximum Gasteiger partial charge on any atom is 0.407 e. The first-order valence-corrected chi connectivity index (χ1v) is 8.00. The zero-order valence-electron chi connectivity index (χ0n) is 12.7. The summed E-state index contributed by atoms with van der Waals surface area (Å²) in [5.41, 5.74) is -0.467. The van der Waals surface area contributed by atoms with Gasteiger partial charge in [0, 0.05) is 19.1 Å². The number of carbonyl (C=O) groups is 1. The number of halogens is 1. The van der Waals surface area contributed by atoms with Crippen molar-refractivity contribution in [3.63, 3.8) is 0 Å². The summed E-state index contributed by atoms with van der Waals surface area (Å²) in [5.74, 6) is 0.942. The van der Waals surface area contributed by atoms with Crippen LogP contribution in [0.1, 0.15) is 33.6 Å². The predicted molar refractivity (Wildman–Crippen MR) is 86.5 cm³/mol. The number of anilines is 1. The molecule has 1 aliphatic rings. The number of amides is 1. The van der Waals surface area contributed by atoms with Crippen molar-refractivity contribution < 1.29 is 9.53 Å². The van der Waals surface area contributed by atoms with Crippen molar-refractivity contribution in [2.75, 3.05) is 18.0 Å². The van der Waals surface area contributed by atoms with Gasteiger partial charge in [-0.15, -0.1) is 0 Å². The number of nitrogens with one attached hydrogen (secondary N) is 1. The quantitative estimate of drug-likeness (QED) is 0.844. The molecule has 0 saturated carbocycles. The average Bonchev–Trinajstić information content (AvgIpc) is 2.82. The van der Waals surface area contributed by atoms with E-state index >= 15 is 0 Å². The van der Waals surface area contributed by atoms with E-state index in [1.54, 1.807) is 0 Å². The molecule has 1 N–H and O–H groups in total. The van der Waals surface area contributed by atoms with Crippen LogP contribution in [0.3, 0.4) is 0 Å². The topological polar surface area (TPSA) is 54.5 Å². The highest BCUT2D eigenvalue weighted by Crippen LogP contribution is 2.24. The molecule has 1 fully saturated rings. The molecule has 5 nitrogen and oxygen atoms in total. The Labute approximate surface area is 134 Å². The second kappa shape index (κ2) is 6.64. The minimum absolute atomic E-state index is 0.263. The van der Waals surface area contributed by atoms with Crippen LogP contribution in [0.25, 0.3) is 0 Å². The summed E-state index contributed by atoms with van der Waals surface area (Å²) in [6, 6.07) is 6.15. The minimum atomic E-state index is -0.467. The lowest BCUT2D eigenvalue weighted by molar-refractivity contribution is 0.0525. The number of hydrogen-bond donors (Lipinski definition) is 1. The number of carbonyl (C=O) groups excluding carboxylic acids is 1. The predicted octanol–water partition coefficient (Wildman–Crippen LogP) is 3.34. The summed E-state index contributed by atoms with van der Waals surface area (Å²) in [5, 5.41) is 2.85. The van der Waals surface area contributed by atoms with Crippen molar-refractivity contribution in [3.8, 4) is 0 Å². The zero-order chi connectivity index (χ0) is 15.5. The third kappa shape index (κ3) is 4.88. The van der Waals surface area contributed by atoms with Crippen LogP contribution < -0.4 is 10.2 Å². The number of nitrogens with zero attached hydrogens (tertiary/aromatic N) is 2. The lowest BCUT2D eigenvalue weighted by Gasteiger charge is -2.27. The Balaban J connectivity index is 1.92. The number of ether oxygens (including phenoxy) is 1. The minimum Gasteiger partial charge on any atom is -0.444 e. The van der Waals surface area contributed by atoms with E-state index in [-0.39, 0.29) is 12.1 Å². The standard InChI is InChI=1S/C15H22BrN3O2/c1-15(2,3)21-14(20)17-10-11-6-5-9-19(11)13-8-4-7-12(16)18-13/h4,7-8,11H,5-6,9-10H2,1-3H3,(H,17,20). The fraction of sp³-hybridized carbons (Fsp3) is 0.600. The van der Waals surface area contributed by atoms with E-state index in [4.69, 9.17) is 4.74 Å². The molecule has 21 heavy (non-hydrogen) atoms. The van der Waals surface area contributed by atoms with Crippen molar-refractivity contribution in [2.45, 2.75) is 45.3 Å². The molecule has 116 valence electrons. The molecular weight excluding hydrogens is 334 g/mol. The molecule has 0 aromatic carbocycles. The van der Waals surface area contributed by atoms with Gasteiger partial charge in [-0.3, -0.25) is 0 Å². The Hall–Kier alpha value is -1.30.